The highest BCUT2D eigenvalue weighted by molar-refractivity contribution is 7.99. The molecule has 0 unspecified atom stereocenters. The van der Waals surface area contributed by atoms with Crippen molar-refractivity contribution in [2.24, 2.45) is 5.92 Å². The topological polar surface area (TPSA) is 55.1 Å². The fourth-order valence-electron chi connectivity index (χ4n) is 2.06. The molecule has 0 aliphatic rings. The normalized spacial score (nSPS) is 11.5. The lowest BCUT2D eigenvalue weighted by atomic mass is 10.0. The molecule has 19 heavy (non-hydrogen) atoms. The average Bonchev–Trinajstić information content (AvgIpc) is 2.76. The molecule has 0 aliphatic carbocycles. The molecule has 1 aromatic heterocycles. The SMILES string of the molecule is CCC(CC)Cn1c(C(C)C)cnc1SCC(=O)O. The van der Waals surface area contributed by atoms with Gasteiger partial charge < -0.3 is 9.67 Å². The minimum absolute atomic E-state index is 0.0669. The van der Waals surface area contributed by atoms with Crippen molar-refractivity contribution in [1.29, 1.82) is 0 Å². The van der Waals surface area contributed by atoms with Crippen molar-refractivity contribution in [1.82, 2.24) is 9.55 Å². The molecule has 0 amide bonds. The quantitative estimate of drug-likeness (QED) is 0.741. The van der Waals surface area contributed by atoms with E-state index >= 15 is 0 Å². The summed E-state index contributed by atoms with van der Waals surface area (Å²) in [5, 5.41) is 9.63. The van der Waals surface area contributed by atoms with Crippen LogP contribution in [0.5, 0.6) is 0 Å². The van der Waals surface area contributed by atoms with Gasteiger partial charge >= 0.3 is 5.97 Å². The summed E-state index contributed by atoms with van der Waals surface area (Å²) in [7, 11) is 0. The summed E-state index contributed by atoms with van der Waals surface area (Å²) in [6, 6.07) is 0. The van der Waals surface area contributed by atoms with E-state index in [1.165, 1.54) is 17.5 Å². The van der Waals surface area contributed by atoms with Gasteiger partial charge in [0.25, 0.3) is 0 Å². The minimum atomic E-state index is -0.798. The Hall–Kier alpha value is -0.970. The highest BCUT2D eigenvalue weighted by atomic mass is 32.2. The Labute approximate surface area is 119 Å². The molecule has 1 rings (SSSR count). The first-order chi connectivity index (χ1) is 8.99. The maximum Gasteiger partial charge on any atom is 0.313 e. The molecule has 0 fully saturated rings. The second kappa shape index (κ2) is 7.58. The van der Waals surface area contributed by atoms with Crippen LogP contribution >= 0.6 is 11.8 Å². The number of nitrogens with zero attached hydrogens (tertiary/aromatic N) is 2. The first kappa shape index (κ1) is 16.1. The van der Waals surface area contributed by atoms with Crippen LogP contribution in [0.25, 0.3) is 0 Å². The van der Waals surface area contributed by atoms with Crippen LogP contribution in [0.15, 0.2) is 11.4 Å². The summed E-state index contributed by atoms with van der Waals surface area (Å²) in [6.07, 6.45) is 4.15. The minimum Gasteiger partial charge on any atom is -0.481 e. The van der Waals surface area contributed by atoms with E-state index in [1.54, 1.807) is 0 Å². The zero-order valence-corrected chi connectivity index (χ0v) is 13.0. The first-order valence-corrected chi connectivity index (χ1v) is 7.88. The van der Waals surface area contributed by atoms with Crippen molar-refractivity contribution in [3.05, 3.63) is 11.9 Å². The van der Waals surface area contributed by atoms with Gasteiger partial charge in [0.05, 0.1) is 5.75 Å². The summed E-state index contributed by atoms with van der Waals surface area (Å²) in [5.74, 6) is 0.294. The van der Waals surface area contributed by atoms with Crippen LogP contribution in [0, 0.1) is 5.92 Å². The largest absolute Gasteiger partial charge is 0.481 e. The fraction of sp³-hybridized carbons (Fsp3) is 0.714. The number of carboxylic acid groups (broad SMARTS) is 1. The molecule has 0 aliphatic heterocycles. The molecule has 5 heteroatoms. The first-order valence-electron chi connectivity index (χ1n) is 6.89. The number of imidazole rings is 1. The van der Waals surface area contributed by atoms with Crippen molar-refractivity contribution in [2.75, 3.05) is 5.75 Å². The predicted molar refractivity (Wildman–Crippen MR) is 78.7 cm³/mol. The van der Waals surface area contributed by atoms with Crippen LogP contribution in [-0.2, 0) is 11.3 Å². The van der Waals surface area contributed by atoms with Gasteiger partial charge in [-0.25, -0.2) is 4.98 Å². The van der Waals surface area contributed by atoms with Crippen LogP contribution in [0.3, 0.4) is 0 Å². The highest BCUT2D eigenvalue weighted by Gasteiger charge is 2.16. The molecule has 0 bridgehead atoms. The van der Waals surface area contributed by atoms with Gasteiger partial charge in [0.15, 0.2) is 5.16 Å². The van der Waals surface area contributed by atoms with E-state index in [-0.39, 0.29) is 5.75 Å². The molecule has 0 radical (unpaired) electrons. The summed E-state index contributed by atoms with van der Waals surface area (Å²) in [4.78, 5) is 15.1. The number of hydrogen-bond donors (Lipinski definition) is 1. The number of aromatic nitrogens is 2. The third kappa shape index (κ3) is 4.56. The lowest BCUT2D eigenvalue weighted by Gasteiger charge is -2.19. The van der Waals surface area contributed by atoms with E-state index in [1.807, 2.05) is 6.20 Å². The summed E-state index contributed by atoms with van der Waals surface area (Å²) < 4.78 is 2.20. The Bertz CT molecular complexity index is 412. The lowest BCUT2D eigenvalue weighted by Crippen LogP contribution is -2.14. The Kier molecular flexibility index (Phi) is 6.42. The smallest absolute Gasteiger partial charge is 0.313 e. The van der Waals surface area contributed by atoms with Gasteiger partial charge in [0.2, 0.25) is 0 Å². The number of aliphatic carboxylic acids is 1. The zero-order valence-electron chi connectivity index (χ0n) is 12.2. The third-order valence-electron chi connectivity index (χ3n) is 3.36. The molecule has 1 N–H and O–H groups in total. The second-order valence-corrected chi connectivity index (χ2v) is 6.04. The molecule has 108 valence electrons. The molecule has 0 saturated heterocycles. The van der Waals surface area contributed by atoms with Gasteiger partial charge in [-0.15, -0.1) is 0 Å². The van der Waals surface area contributed by atoms with Crippen molar-refractivity contribution < 1.29 is 9.90 Å². The van der Waals surface area contributed by atoms with Crippen LogP contribution in [0.1, 0.15) is 52.1 Å². The van der Waals surface area contributed by atoms with Crippen LogP contribution in [-0.4, -0.2) is 26.4 Å². The van der Waals surface area contributed by atoms with E-state index in [0.29, 0.717) is 11.8 Å². The van der Waals surface area contributed by atoms with Gasteiger partial charge in [-0.2, -0.15) is 0 Å². The van der Waals surface area contributed by atoms with Crippen molar-refractivity contribution in [3.8, 4) is 0 Å². The van der Waals surface area contributed by atoms with Gasteiger partial charge in [-0.3, -0.25) is 4.79 Å². The maximum absolute atomic E-state index is 10.7. The monoisotopic (exact) mass is 284 g/mol. The molecular weight excluding hydrogens is 260 g/mol. The Balaban J connectivity index is 2.94. The second-order valence-electron chi connectivity index (χ2n) is 5.10. The number of thioether (sulfide) groups is 1. The molecular formula is C14H24N2O2S. The molecule has 4 nitrogen and oxygen atoms in total. The molecule has 0 spiro atoms. The molecule has 0 atom stereocenters. The Morgan fingerprint density at radius 2 is 2.05 bits per heavy atom. The maximum atomic E-state index is 10.7. The molecule has 1 heterocycles. The van der Waals surface area contributed by atoms with Crippen molar-refractivity contribution in [3.63, 3.8) is 0 Å². The van der Waals surface area contributed by atoms with Gasteiger partial charge in [0.1, 0.15) is 0 Å². The number of carbonyl (C=O) groups is 1. The van der Waals surface area contributed by atoms with Crippen LogP contribution in [0.4, 0.5) is 0 Å². The molecule has 0 aromatic carbocycles. The van der Waals surface area contributed by atoms with Gasteiger partial charge in [-0.05, 0) is 11.8 Å². The highest BCUT2D eigenvalue weighted by Crippen LogP contribution is 2.25. The van der Waals surface area contributed by atoms with E-state index in [2.05, 4.69) is 37.2 Å². The van der Waals surface area contributed by atoms with E-state index in [9.17, 15) is 4.79 Å². The number of rotatable bonds is 8. The van der Waals surface area contributed by atoms with Crippen molar-refractivity contribution in [2.45, 2.75) is 58.2 Å². The number of carboxylic acids is 1. The van der Waals surface area contributed by atoms with Gasteiger partial charge in [-0.1, -0.05) is 52.3 Å². The van der Waals surface area contributed by atoms with E-state index < -0.39 is 5.97 Å². The van der Waals surface area contributed by atoms with Gasteiger partial charge in [0, 0.05) is 18.4 Å². The van der Waals surface area contributed by atoms with Crippen LogP contribution in [0.2, 0.25) is 0 Å². The number of hydrogen-bond acceptors (Lipinski definition) is 3. The van der Waals surface area contributed by atoms with Crippen molar-refractivity contribution >= 4 is 17.7 Å². The van der Waals surface area contributed by atoms with E-state index in [0.717, 1.165) is 24.5 Å². The lowest BCUT2D eigenvalue weighted by molar-refractivity contribution is -0.133. The fourth-order valence-corrected chi connectivity index (χ4v) is 2.78. The van der Waals surface area contributed by atoms with E-state index in [4.69, 9.17) is 5.11 Å². The summed E-state index contributed by atoms with van der Waals surface area (Å²) >= 11 is 1.31. The Morgan fingerprint density at radius 1 is 1.42 bits per heavy atom. The molecule has 0 saturated carbocycles. The Morgan fingerprint density at radius 3 is 2.53 bits per heavy atom. The summed E-state index contributed by atoms with van der Waals surface area (Å²) in [6.45, 7) is 9.62. The summed E-state index contributed by atoms with van der Waals surface area (Å²) in [5.41, 5.74) is 1.19. The zero-order chi connectivity index (χ0) is 14.4. The predicted octanol–water partition coefficient (Wildman–Crippen LogP) is 3.62. The average molecular weight is 284 g/mol. The van der Waals surface area contributed by atoms with Crippen LogP contribution < -0.4 is 0 Å². The third-order valence-corrected chi connectivity index (χ3v) is 4.34. The standard InChI is InChI=1S/C14H24N2O2S/c1-5-11(6-2)8-16-12(10(3)4)7-15-14(16)19-9-13(17)18/h7,10-11H,5-6,8-9H2,1-4H3,(H,17,18). The molecule has 1 aromatic rings.